The number of Topliss-reactive ketones (excluding diaryl/α,β-unsaturated/α-hetero) is 1. The van der Waals surface area contributed by atoms with Crippen molar-refractivity contribution in [1.29, 1.82) is 0 Å². The third kappa shape index (κ3) is 2.94. The quantitative estimate of drug-likeness (QED) is 0.477. The molecule has 1 aliphatic rings. The second kappa shape index (κ2) is 5.95. The minimum Gasteiger partial charge on any atom is -0.294 e. The highest BCUT2D eigenvalue weighted by Gasteiger charge is 2.32. The molecule has 1 aromatic carbocycles. The van der Waals surface area contributed by atoms with E-state index in [0.29, 0.717) is 5.56 Å². The molecule has 0 saturated heterocycles. The minimum absolute atomic E-state index is 0.0226. The summed E-state index contributed by atoms with van der Waals surface area (Å²) < 4.78 is 14.2. The van der Waals surface area contributed by atoms with Crippen LogP contribution in [0.3, 0.4) is 0 Å². The monoisotopic (exact) mass is 331 g/mol. The molecule has 8 heteroatoms. The molecule has 7 nitrogen and oxygen atoms in total. The first-order valence-electron chi connectivity index (χ1n) is 7.45. The van der Waals surface area contributed by atoms with Gasteiger partial charge < -0.3 is 0 Å². The van der Waals surface area contributed by atoms with Crippen molar-refractivity contribution in [3.05, 3.63) is 56.1 Å². The van der Waals surface area contributed by atoms with Crippen molar-refractivity contribution < 1.29 is 14.1 Å². The Morgan fingerprint density at radius 1 is 1.38 bits per heavy atom. The van der Waals surface area contributed by atoms with Crippen LogP contribution in [0.1, 0.15) is 30.1 Å². The lowest BCUT2D eigenvalue weighted by Crippen LogP contribution is -2.29. The summed E-state index contributed by atoms with van der Waals surface area (Å²) in [5, 5.41) is 15.6. The van der Waals surface area contributed by atoms with E-state index >= 15 is 0 Å². The number of carbonyl (C=O) groups is 1. The first-order chi connectivity index (χ1) is 11.4. The van der Waals surface area contributed by atoms with Crippen LogP contribution >= 0.6 is 0 Å². The number of nitro groups is 1. The smallest absolute Gasteiger partial charge is 0.294 e. The van der Waals surface area contributed by atoms with Crippen molar-refractivity contribution in [1.82, 2.24) is 9.78 Å². The van der Waals surface area contributed by atoms with Crippen LogP contribution in [0.4, 0.5) is 10.1 Å². The Kier molecular flexibility index (Phi) is 3.96. The second-order valence-corrected chi connectivity index (χ2v) is 5.82. The van der Waals surface area contributed by atoms with E-state index in [-0.39, 0.29) is 23.7 Å². The summed E-state index contributed by atoms with van der Waals surface area (Å²) in [6.07, 6.45) is 1.87. The molecule has 1 saturated carbocycles. The molecular formula is C16H14FN3O4. The average molecular weight is 331 g/mol. The summed E-state index contributed by atoms with van der Waals surface area (Å²) in [4.78, 5) is 34.9. The van der Waals surface area contributed by atoms with Crippen LogP contribution in [0.25, 0.3) is 11.3 Å². The molecule has 0 aliphatic heterocycles. The van der Waals surface area contributed by atoms with Gasteiger partial charge in [0.2, 0.25) is 0 Å². The standard InChI is InChI=1S/C16H14FN3O4/c1-9(21)13-14(11-4-6-12(17)7-5-11)18-19(8-10-2-3-10)16(22)15(13)20(23)24/h4-7,10H,2-3,8H2,1H3. The van der Waals surface area contributed by atoms with Crippen molar-refractivity contribution in [3.8, 4) is 11.3 Å². The summed E-state index contributed by atoms with van der Waals surface area (Å²) in [6, 6.07) is 5.09. The average Bonchev–Trinajstić information content (AvgIpc) is 3.33. The molecule has 0 amide bonds. The van der Waals surface area contributed by atoms with E-state index in [1.165, 1.54) is 24.3 Å². The van der Waals surface area contributed by atoms with Gasteiger partial charge in [0.1, 0.15) is 17.1 Å². The van der Waals surface area contributed by atoms with Gasteiger partial charge in [-0.1, -0.05) is 0 Å². The van der Waals surface area contributed by atoms with E-state index < -0.39 is 27.8 Å². The second-order valence-electron chi connectivity index (χ2n) is 5.82. The lowest BCUT2D eigenvalue weighted by Gasteiger charge is -2.11. The zero-order valence-corrected chi connectivity index (χ0v) is 12.9. The van der Waals surface area contributed by atoms with Gasteiger partial charge in [-0.25, -0.2) is 9.07 Å². The summed E-state index contributed by atoms with van der Waals surface area (Å²) in [6.45, 7) is 1.41. The van der Waals surface area contributed by atoms with Crippen molar-refractivity contribution in [2.24, 2.45) is 5.92 Å². The van der Waals surface area contributed by atoms with Crippen LogP contribution in [-0.2, 0) is 6.54 Å². The van der Waals surface area contributed by atoms with E-state index in [1.807, 2.05) is 0 Å². The third-order valence-electron chi connectivity index (χ3n) is 3.91. The zero-order valence-electron chi connectivity index (χ0n) is 12.9. The van der Waals surface area contributed by atoms with Crippen LogP contribution in [0.2, 0.25) is 0 Å². The summed E-state index contributed by atoms with van der Waals surface area (Å²) in [7, 11) is 0. The Labute approximate surface area is 135 Å². The van der Waals surface area contributed by atoms with Crippen molar-refractivity contribution in [2.45, 2.75) is 26.3 Å². The maximum atomic E-state index is 13.1. The predicted molar refractivity (Wildman–Crippen MR) is 83.3 cm³/mol. The lowest BCUT2D eigenvalue weighted by atomic mass is 10.0. The van der Waals surface area contributed by atoms with Gasteiger partial charge in [-0.15, -0.1) is 0 Å². The SMILES string of the molecule is CC(=O)c1c(-c2ccc(F)cc2)nn(CC2CC2)c(=O)c1[N+](=O)[O-]. The van der Waals surface area contributed by atoms with Gasteiger partial charge in [-0.05, 0) is 49.9 Å². The molecule has 2 aromatic rings. The van der Waals surface area contributed by atoms with Gasteiger partial charge in [0, 0.05) is 12.1 Å². The van der Waals surface area contributed by atoms with Gasteiger partial charge in [0.05, 0.1) is 4.92 Å². The van der Waals surface area contributed by atoms with E-state index in [2.05, 4.69) is 5.10 Å². The Bertz CT molecular complexity index is 885. The van der Waals surface area contributed by atoms with Crippen molar-refractivity contribution >= 4 is 11.5 Å². The largest absolute Gasteiger partial charge is 0.348 e. The topological polar surface area (TPSA) is 95.1 Å². The summed E-state index contributed by atoms with van der Waals surface area (Å²) >= 11 is 0. The van der Waals surface area contributed by atoms with E-state index in [0.717, 1.165) is 24.4 Å². The van der Waals surface area contributed by atoms with Crippen LogP contribution < -0.4 is 5.56 Å². The predicted octanol–water partition coefficient (Wildman–Crippen LogP) is 2.57. The van der Waals surface area contributed by atoms with Crippen molar-refractivity contribution in [2.75, 3.05) is 0 Å². The maximum absolute atomic E-state index is 13.1. The number of aromatic nitrogens is 2. The highest BCUT2D eigenvalue weighted by atomic mass is 19.1. The maximum Gasteiger partial charge on any atom is 0.348 e. The molecule has 0 radical (unpaired) electrons. The molecule has 1 fully saturated rings. The fraction of sp³-hybridized carbons (Fsp3) is 0.312. The molecule has 0 bridgehead atoms. The molecular weight excluding hydrogens is 317 g/mol. The van der Waals surface area contributed by atoms with Crippen LogP contribution in [0.5, 0.6) is 0 Å². The van der Waals surface area contributed by atoms with Crippen LogP contribution in [0.15, 0.2) is 29.1 Å². The van der Waals surface area contributed by atoms with E-state index in [9.17, 15) is 24.1 Å². The molecule has 0 atom stereocenters. The first kappa shape index (κ1) is 16.0. The highest BCUT2D eigenvalue weighted by molar-refractivity contribution is 6.03. The summed E-state index contributed by atoms with van der Waals surface area (Å²) in [5.74, 6) is -0.854. The Morgan fingerprint density at radius 3 is 2.50 bits per heavy atom. The molecule has 3 rings (SSSR count). The Balaban J connectivity index is 2.30. The van der Waals surface area contributed by atoms with Gasteiger partial charge >= 0.3 is 11.2 Å². The molecule has 0 spiro atoms. The van der Waals surface area contributed by atoms with Gasteiger partial charge in [0.25, 0.3) is 0 Å². The fourth-order valence-electron chi connectivity index (χ4n) is 2.54. The van der Waals surface area contributed by atoms with Crippen molar-refractivity contribution in [3.63, 3.8) is 0 Å². The summed E-state index contributed by atoms with van der Waals surface area (Å²) in [5.41, 5.74) is -1.65. The first-order valence-corrected chi connectivity index (χ1v) is 7.45. The third-order valence-corrected chi connectivity index (χ3v) is 3.91. The minimum atomic E-state index is -0.886. The van der Waals surface area contributed by atoms with Crippen LogP contribution in [-0.4, -0.2) is 20.5 Å². The van der Waals surface area contributed by atoms with Gasteiger partial charge in [-0.3, -0.25) is 19.7 Å². The number of hydrogen-bond donors (Lipinski definition) is 0. The highest BCUT2D eigenvalue weighted by Crippen LogP contribution is 2.31. The number of rotatable bonds is 5. The molecule has 0 unspecified atom stereocenters. The zero-order chi connectivity index (χ0) is 17.4. The number of hydrogen-bond acceptors (Lipinski definition) is 5. The number of benzene rings is 1. The number of ketones is 1. The Morgan fingerprint density at radius 2 is 2.00 bits per heavy atom. The molecule has 124 valence electrons. The van der Waals surface area contributed by atoms with Crippen LogP contribution in [0, 0.1) is 21.8 Å². The Hall–Kier alpha value is -2.90. The molecule has 0 N–H and O–H groups in total. The molecule has 1 aliphatic carbocycles. The molecule has 1 aromatic heterocycles. The van der Waals surface area contributed by atoms with Gasteiger partial charge in [-0.2, -0.15) is 5.10 Å². The van der Waals surface area contributed by atoms with Gasteiger partial charge in [0.15, 0.2) is 5.78 Å². The number of halogens is 1. The fourth-order valence-corrected chi connectivity index (χ4v) is 2.54. The molecule has 24 heavy (non-hydrogen) atoms. The molecule has 1 heterocycles. The number of nitrogens with zero attached hydrogens (tertiary/aromatic N) is 3. The lowest BCUT2D eigenvalue weighted by molar-refractivity contribution is -0.386. The number of carbonyl (C=O) groups excluding carboxylic acids is 1. The van der Waals surface area contributed by atoms with E-state index in [4.69, 9.17) is 0 Å². The van der Waals surface area contributed by atoms with E-state index in [1.54, 1.807) is 0 Å². The normalized spacial score (nSPS) is 13.8.